The fraction of sp³-hybridized carbons (Fsp3) is 0.355. The maximum Gasteiger partial charge on any atom is 0.264 e. The average molecular weight is 619 g/mol. The standard InChI is InChI=1S/C31H37Cl2N3O4S/c1-5-22(4)34-31(38)29(7-3)35(20-24-15-16-25(32)19-28(24)33)30(37)21-36(26-17-13-23(6-2)14-18-26)41(39,40)27-11-9-8-10-12-27/h8-19,22,29H,5-7,20-21H2,1-4H3,(H,34,38)/t22-,29+/m1/s1. The molecule has 0 saturated carbocycles. The number of aryl methyl sites for hydroxylation is 1. The van der Waals surface area contributed by atoms with Gasteiger partial charge in [-0.2, -0.15) is 0 Å². The largest absolute Gasteiger partial charge is 0.352 e. The summed E-state index contributed by atoms with van der Waals surface area (Å²) in [7, 11) is -4.12. The van der Waals surface area contributed by atoms with Gasteiger partial charge in [-0.05, 0) is 73.7 Å². The molecule has 0 aliphatic carbocycles. The molecule has 0 heterocycles. The first kappa shape index (κ1) is 32.4. The highest BCUT2D eigenvalue weighted by atomic mass is 35.5. The van der Waals surface area contributed by atoms with Crippen LogP contribution in [0.1, 0.15) is 51.7 Å². The van der Waals surface area contributed by atoms with Crippen molar-refractivity contribution in [2.24, 2.45) is 0 Å². The number of nitrogens with zero attached hydrogens (tertiary/aromatic N) is 2. The van der Waals surface area contributed by atoms with Crippen molar-refractivity contribution in [3.63, 3.8) is 0 Å². The zero-order valence-corrected chi connectivity index (χ0v) is 26.1. The lowest BCUT2D eigenvalue weighted by atomic mass is 10.1. The predicted molar refractivity (Wildman–Crippen MR) is 166 cm³/mol. The molecule has 0 fully saturated rings. The molecule has 220 valence electrons. The Labute approximate surface area is 253 Å². The Kier molecular flexibility index (Phi) is 11.6. The van der Waals surface area contributed by atoms with Gasteiger partial charge < -0.3 is 10.2 Å². The highest BCUT2D eigenvalue weighted by Crippen LogP contribution is 2.27. The number of amides is 2. The molecule has 0 unspecified atom stereocenters. The summed E-state index contributed by atoms with van der Waals surface area (Å²) in [5, 5.41) is 3.74. The number of nitrogens with one attached hydrogen (secondary N) is 1. The van der Waals surface area contributed by atoms with Gasteiger partial charge in [-0.1, -0.05) is 80.4 Å². The molecule has 0 radical (unpaired) electrons. The van der Waals surface area contributed by atoms with Gasteiger partial charge in [0.05, 0.1) is 10.6 Å². The summed E-state index contributed by atoms with van der Waals surface area (Å²) in [6, 6.07) is 19.0. The van der Waals surface area contributed by atoms with Crippen molar-refractivity contribution in [2.45, 2.75) is 70.5 Å². The molecule has 41 heavy (non-hydrogen) atoms. The third-order valence-electron chi connectivity index (χ3n) is 6.99. The lowest BCUT2D eigenvalue weighted by molar-refractivity contribution is -0.140. The molecule has 0 aromatic heterocycles. The van der Waals surface area contributed by atoms with Gasteiger partial charge >= 0.3 is 0 Å². The minimum Gasteiger partial charge on any atom is -0.352 e. The topological polar surface area (TPSA) is 86.8 Å². The van der Waals surface area contributed by atoms with E-state index in [2.05, 4.69) is 5.32 Å². The lowest BCUT2D eigenvalue weighted by Crippen LogP contribution is -2.53. The van der Waals surface area contributed by atoms with Crippen LogP contribution < -0.4 is 9.62 Å². The number of halogens is 2. The second-order valence-corrected chi connectivity index (χ2v) is 12.5. The molecule has 2 atom stereocenters. The Balaban J connectivity index is 2.07. The fourth-order valence-electron chi connectivity index (χ4n) is 4.34. The van der Waals surface area contributed by atoms with Crippen LogP contribution in [-0.2, 0) is 32.6 Å². The van der Waals surface area contributed by atoms with Gasteiger partial charge in [0.25, 0.3) is 10.0 Å². The molecule has 0 aliphatic rings. The third-order valence-corrected chi connectivity index (χ3v) is 9.36. The molecule has 0 aliphatic heterocycles. The van der Waals surface area contributed by atoms with Gasteiger partial charge in [0, 0.05) is 22.6 Å². The summed E-state index contributed by atoms with van der Waals surface area (Å²) in [6.07, 6.45) is 1.82. The van der Waals surface area contributed by atoms with Crippen LogP contribution in [0.25, 0.3) is 0 Å². The van der Waals surface area contributed by atoms with Crippen molar-refractivity contribution in [3.8, 4) is 0 Å². The van der Waals surface area contributed by atoms with E-state index in [9.17, 15) is 18.0 Å². The first-order chi connectivity index (χ1) is 19.5. The van der Waals surface area contributed by atoms with E-state index in [0.717, 1.165) is 22.7 Å². The summed E-state index contributed by atoms with van der Waals surface area (Å²) in [4.78, 5) is 29.0. The van der Waals surface area contributed by atoms with E-state index in [1.807, 2.05) is 39.8 Å². The van der Waals surface area contributed by atoms with Crippen molar-refractivity contribution in [2.75, 3.05) is 10.8 Å². The van der Waals surface area contributed by atoms with Crippen LogP contribution in [0, 0.1) is 0 Å². The van der Waals surface area contributed by atoms with Crippen LogP contribution in [0.3, 0.4) is 0 Å². The third kappa shape index (κ3) is 8.24. The molecular formula is C31H37Cl2N3O4S. The minimum atomic E-state index is -4.12. The van der Waals surface area contributed by atoms with Crippen molar-refractivity contribution in [1.82, 2.24) is 10.2 Å². The van der Waals surface area contributed by atoms with E-state index in [0.29, 0.717) is 27.7 Å². The Morgan fingerprint density at radius 2 is 1.56 bits per heavy atom. The Bertz CT molecular complexity index is 1430. The van der Waals surface area contributed by atoms with Gasteiger partial charge in [-0.25, -0.2) is 8.42 Å². The van der Waals surface area contributed by atoms with Crippen LogP contribution in [0.4, 0.5) is 5.69 Å². The van der Waals surface area contributed by atoms with E-state index in [1.165, 1.54) is 17.0 Å². The maximum absolute atomic E-state index is 14.1. The zero-order chi connectivity index (χ0) is 30.2. The Morgan fingerprint density at radius 1 is 0.902 bits per heavy atom. The molecule has 0 saturated heterocycles. The fourth-order valence-corrected chi connectivity index (χ4v) is 6.24. The number of carbonyl (C=O) groups excluding carboxylic acids is 2. The summed E-state index contributed by atoms with van der Waals surface area (Å²) < 4.78 is 28.9. The van der Waals surface area contributed by atoms with E-state index in [1.54, 1.807) is 48.5 Å². The molecule has 3 rings (SSSR count). The summed E-state index contributed by atoms with van der Waals surface area (Å²) in [5.74, 6) is -0.855. The molecular weight excluding hydrogens is 581 g/mol. The number of anilines is 1. The Hall–Kier alpha value is -3.07. The van der Waals surface area contributed by atoms with Crippen molar-refractivity contribution >= 4 is 50.7 Å². The molecule has 10 heteroatoms. The summed E-state index contributed by atoms with van der Waals surface area (Å²) >= 11 is 12.6. The maximum atomic E-state index is 14.1. The quantitative estimate of drug-likeness (QED) is 0.238. The first-order valence-electron chi connectivity index (χ1n) is 13.7. The van der Waals surface area contributed by atoms with Crippen LogP contribution in [0.15, 0.2) is 77.7 Å². The van der Waals surface area contributed by atoms with E-state index in [4.69, 9.17) is 23.2 Å². The second kappa shape index (κ2) is 14.7. The smallest absolute Gasteiger partial charge is 0.264 e. The first-order valence-corrected chi connectivity index (χ1v) is 15.9. The van der Waals surface area contributed by atoms with E-state index < -0.39 is 28.5 Å². The van der Waals surface area contributed by atoms with Crippen LogP contribution in [0.5, 0.6) is 0 Å². The Morgan fingerprint density at radius 3 is 2.12 bits per heavy atom. The molecule has 0 bridgehead atoms. The summed E-state index contributed by atoms with van der Waals surface area (Å²) in [6.45, 7) is 7.15. The van der Waals surface area contributed by atoms with Crippen molar-refractivity contribution < 1.29 is 18.0 Å². The van der Waals surface area contributed by atoms with Crippen LogP contribution in [-0.4, -0.2) is 43.8 Å². The van der Waals surface area contributed by atoms with Gasteiger partial charge in [0.15, 0.2) is 0 Å². The number of rotatable bonds is 13. The zero-order valence-electron chi connectivity index (χ0n) is 23.8. The van der Waals surface area contributed by atoms with E-state index in [-0.39, 0.29) is 23.4 Å². The number of carbonyl (C=O) groups is 2. The van der Waals surface area contributed by atoms with Gasteiger partial charge in [-0.15, -0.1) is 0 Å². The highest BCUT2D eigenvalue weighted by molar-refractivity contribution is 7.92. The average Bonchev–Trinajstić information content (AvgIpc) is 2.97. The predicted octanol–water partition coefficient (Wildman–Crippen LogP) is 6.47. The van der Waals surface area contributed by atoms with Gasteiger partial charge in [-0.3, -0.25) is 13.9 Å². The molecule has 0 spiro atoms. The van der Waals surface area contributed by atoms with Crippen molar-refractivity contribution in [3.05, 3.63) is 94.0 Å². The van der Waals surface area contributed by atoms with Crippen LogP contribution in [0.2, 0.25) is 10.0 Å². The number of benzene rings is 3. The minimum absolute atomic E-state index is 0.00470. The second-order valence-electron chi connectivity index (χ2n) is 9.84. The normalized spacial score (nSPS) is 12.8. The van der Waals surface area contributed by atoms with Gasteiger partial charge in [0.2, 0.25) is 11.8 Å². The number of sulfonamides is 1. The van der Waals surface area contributed by atoms with Crippen LogP contribution >= 0.6 is 23.2 Å². The lowest BCUT2D eigenvalue weighted by Gasteiger charge is -2.34. The number of hydrogen-bond donors (Lipinski definition) is 1. The molecule has 2 amide bonds. The molecule has 3 aromatic carbocycles. The van der Waals surface area contributed by atoms with Gasteiger partial charge in [0.1, 0.15) is 12.6 Å². The molecule has 7 nitrogen and oxygen atoms in total. The monoisotopic (exact) mass is 617 g/mol. The summed E-state index contributed by atoms with van der Waals surface area (Å²) in [5.41, 5.74) is 1.97. The highest BCUT2D eigenvalue weighted by Gasteiger charge is 2.34. The number of hydrogen-bond acceptors (Lipinski definition) is 4. The van der Waals surface area contributed by atoms with Crippen molar-refractivity contribution in [1.29, 1.82) is 0 Å². The van der Waals surface area contributed by atoms with E-state index >= 15 is 0 Å². The SMILES string of the molecule is CCc1ccc(N(CC(=O)N(Cc2ccc(Cl)cc2Cl)[C@@H](CC)C(=O)N[C@H](C)CC)S(=O)(=O)c2ccccc2)cc1. The molecule has 3 aromatic rings. The molecule has 1 N–H and O–H groups in total.